The van der Waals surface area contributed by atoms with Gasteiger partial charge < -0.3 is 5.32 Å². The van der Waals surface area contributed by atoms with Crippen LogP contribution in [0.15, 0.2) is 28.6 Å². The van der Waals surface area contributed by atoms with Gasteiger partial charge in [0.25, 0.3) is 0 Å². The molecule has 0 saturated heterocycles. The van der Waals surface area contributed by atoms with Crippen molar-refractivity contribution < 1.29 is 4.94 Å². The summed E-state index contributed by atoms with van der Waals surface area (Å²) in [7, 11) is 0. The zero-order chi connectivity index (χ0) is 14.6. The normalized spacial score (nSPS) is 21.6. The molecule has 1 aliphatic carbocycles. The fourth-order valence-electron chi connectivity index (χ4n) is 2.48. The number of fused-ring (bicyclic) bond motifs is 1. The highest BCUT2D eigenvalue weighted by molar-refractivity contribution is 6.06. The van der Waals surface area contributed by atoms with Crippen LogP contribution in [-0.4, -0.2) is 18.3 Å². The Hall–Kier alpha value is -1.29. The molecule has 2 N–H and O–H groups in total. The van der Waals surface area contributed by atoms with Crippen molar-refractivity contribution in [1.82, 2.24) is 10.8 Å². The van der Waals surface area contributed by atoms with E-state index in [1.165, 1.54) is 31.3 Å². The van der Waals surface area contributed by atoms with Crippen LogP contribution in [0.4, 0.5) is 0 Å². The summed E-state index contributed by atoms with van der Waals surface area (Å²) in [5, 5.41) is 7.55. The molecule has 1 heterocycles. The molecule has 0 radical (unpaired) electrons. The molecule has 0 saturated carbocycles. The van der Waals surface area contributed by atoms with E-state index in [9.17, 15) is 0 Å². The van der Waals surface area contributed by atoms with Crippen molar-refractivity contribution in [2.75, 3.05) is 6.54 Å². The largest absolute Gasteiger partial charge is 0.383 e. The van der Waals surface area contributed by atoms with E-state index in [0.717, 1.165) is 18.0 Å². The minimum Gasteiger partial charge on any atom is -0.383 e. The minimum absolute atomic E-state index is 0.114. The Kier molecular flexibility index (Phi) is 4.86. The van der Waals surface area contributed by atoms with Gasteiger partial charge in [0.1, 0.15) is 11.8 Å². The van der Waals surface area contributed by atoms with E-state index in [4.69, 9.17) is 4.94 Å². The summed E-state index contributed by atoms with van der Waals surface area (Å²) in [4.78, 5) is 4.99. The van der Waals surface area contributed by atoms with Gasteiger partial charge >= 0.3 is 0 Å². The number of nitrogens with zero attached hydrogens (tertiary/aromatic N) is 1. The summed E-state index contributed by atoms with van der Waals surface area (Å²) in [5.74, 6) is 0. The van der Waals surface area contributed by atoms with E-state index >= 15 is 0 Å². The van der Waals surface area contributed by atoms with E-state index in [1.54, 1.807) is 0 Å². The monoisotopic (exact) mass is 277 g/mol. The molecule has 0 spiro atoms. The van der Waals surface area contributed by atoms with Gasteiger partial charge in [-0.1, -0.05) is 44.8 Å². The average Bonchev–Trinajstić information content (AvgIpc) is 2.85. The summed E-state index contributed by atoms with van der Waals surface area (Å²) in [6.45, 7) is 9.99. The lowest BCUT2D eigenvalue weighted by Gasteiger charge is -2.19. The third-order valence-electron chi connectivity index (χ3n) is 3.75. The highest BCUT2D eigenvalue weighted by Gasteiger charge is 2.29. The molecule has 0 aromatic rings. The SMILES string of the molecule is CC1=CC=C(NCCCCCC(C)(C)C)C2=NONC12. The molecule has 2 rings (SSSR count). The number of hydrogen-bond acceptors (Lipinski definition) is 4. The lowest BCUT2D eigenvalue weighted by atomic mass is 9.89. The van der Waals surface area contributed by atoms with Crippen LogP contribution in [0, 0.1) is 5.41 Å². The Balaban J connectivity index is 1.70. The zero-order valence-corrected chi connectivity index (χ0v) is 13.1. The number of hydroxylamine groups is 1. The standard InChI is InChI=1S/C16H27N3O/c1-12-8-9-13(15-14(12)18-20-19-15)17-11-7-5-6-10-16(2,3)4/h8-9,14,17-18H,5-7,10-11H2,1-4H3. The second-order valence-corrected chi connectivity index (χ2v) is 6.91. The lowest BCUT2D eigenvalue weighted by molar-refractivity contribution is 0.0655. The van der Waals surface area contributed by atoms with Crippen molar-refractivity contribution in [2.24, 2.45) is 10.6 Å². The molecule has 0 aromatic carbocycles. The summed E-state index contributed by atoms with van der Waals surface area (Å²) in [6.07, 6.45) is 9.28. The predicted octanol–water partition coefficient (Wildman–Crippen LogP) is 3.29. The van der Waals surface area contributed by atoms with Crippen molar-refractivity contribution in [1.29, 1.82) is 0 Å². The van der Waals surface area contributed by atoms with E-state index < -0.39 is 0 Å². The number of unbranched alkanes of at least 4 members (excludes halogenated alkanes) is 2. The van der Waals surface area contributed by atoms with Crippen molar-refractivity contribution in [2.45, 2.75) is 59.4 Å². The molecular formula is C16H27N3O. The number of oxime groups is 1. The summed E-state index contributed by atoms with van der Waals surface area (Å²) >= 11 is 0. The van der Waals surface area contributed by atoms with Gasteiger partial charge in [0, 0.05) is 6.54 Å². The third-order valence-corrected chi connectivity index (χ3v) is 3.75. The minimum atomic E-state index is 0.114. The van der Waals surface area contributed by atoms with Crippen molar-refractivity contribution in [3.05, 3.63) is 23.4 Å². The van der Waals surface area contributed by atoms with Crippen LogP contribution in [0.3, 0.4) is 0 Å². The fourth-order valence-corrected chi connectivity index (χ4v) is 2.48. The van der Waals surface area contributed by atoms with Gasteiger partial charge in [-0.3, -0.25) is 4.94 Å². The molecule has 4 heteroatoms. The number of nitrogens with one attached hydrogen (secondary N) is 2. The Bertz CT molecular complexity index is 429. The smallest absolute Gasteiger partial charge is 0.130 e. The molecule has 2 aliphatic rings. The molecule has 112 valence electrons. The van der Waals surface area contributed by atoms with E-state index in [2.05, 4.69) is 55.8 Å². The maximum Gasteiger partial charge on any atom is 0.130 e. The van der Waals surface area contributed by atoms with Gasteiger partial charge in [-0.15, -0.1) is 5.48 Å². The van der Waals surface area contributed by atoms with E-state index in [1.807, 2.05) is 0 Å². The first-order chi connectivity index (χ1) is 9.47. The van der Waals surface area contributed by atoms with Crippen molar-refractivity contribution in [3.63, 3.8) is 0 Å². The van der Waals surface area contributed by atoms with Crippen LogP contribution < -0.4 is 10.8 Å². The maximum atomic E-state index is 4.99. The number of allylic oxidation sites excluding steroid dienone is 2. The summed E-state index contributed by atoms with van der Waals surface area (Å²) in [6, 6.07) is 0.114. The quantitative estimate of drug-likeness (QED) is 0.732. The van der Waals surface area contributed by atoms with E-state index in [0.29, 0.717) is 5.41 Å². The van der Waals surface area contributed by atoms with Crippen LogP contribution in [0.2, 0.25) is 0 Å². The van der Waals surface area contributed by atoms with Gasteiger partial charge in [-0.25, -0.2) is 0 Å². The van der Waals surface area contributed by atoms with Gasteiger partial charge in [0.15, 0.2) is 0 Å². The zero-order valence-electron chi connectivity index (χ0n) is 13.1. The number of hydrogen-bond donors (Lipinski definition) is 2. The first-order valence-electron chi connectivity index (χ1n) is 7.59. The van der Waals surface area contributed by atoms with Crippen molar-refractivity contribution >= 4 is 5.71 Å². The molecule has 20 heavy (non-hydrogen) atoms. The molecule has 1 atom stereocenters. The molecule has 1 aliphatic heterocycles. The second-order valence-electron chi connectivity index (χ2n) is 6.91. The molecule has 0 amide bonds. The summed E-state index contributed by atoms with van der Waals surface area (Å²) < 4.78 is 0. The molecule has 1 unspecified atom stereocenters. The lowest BCUT2D eigenvalue weighted by Crippen LogP contribution is -2.37. The van der Waals surface area contributed by atoms with Gasteiger partial charge in [-0.2, -0.15) is 0 Å². The maximum absolute atomic E-state index is 4.99. The van der Waals surface area contributed by atoms with Gasteiger partial charge in [-0.05, 0) is 36.8 Å². The van der Waals surface area contributed by atoms with Crippen LogP contribution in [0.25, 0.3) is 0 Å². The predicted molar refractivity (Wildman–Crippen MR) is 83.2 cm³/mol. The molecule has 0 aromatic heterocycles. The summed E-state index contributed by atoms with van der Waals surface area (Å²) in [5.41, 5.74) is 6.66. The highest BCUT2D eigenvalue weighted by Crippen LogP contribution is 2.22. The third kappa shape index (κ3) is 4.10. The Morgan fingerprint density at radius 2 is 2.05 bits per heavy atom. The second kappa shape index (κ2) is 6.44. The van der Waals surface area contributed by atoms with E-state index in [-0.39, 0.29) is 6.04 Å². The Labute approximate surface area is 122 Å². The average molecular weight is 277 g/mol. The Morgan fingerprint density at radius 1 is 1.25 bits per heavy atom. The van der Waals surface area contributed by atoms with Crippen molar-refractivity contribution in [3.8, 4) is 0 Å². The topological polar surface area (TPSA) is 45.7 Å². The van der Waals surface area contributed by atoms with Crippen LogP contribution >= 0.6 is 0 Å². The first-order valence-corrected chi connectivity index (χ1v) is 7.59. The molecule has 0 fully saturated rings. The van der Waals surface area contributed by atoms with Gasteiger partial charge in [0.2, 0.25) is 0 Å². The van der Waals surface area contributed by atoms with Gasteiger partial charge in [0.05, 0.1) is 5.70 Å². The first kappa shape index (κ1) is 15.1. The molecule has 0 bridgehead atoms. The Morgan fingerprint density at radius 3 is 2.80 bits per heavy atom. The van der Waals surface area contributed by atoms with Crippen LogP contribution in [-0.2, 0) is 4.94 Å². The highest BCUT2D eigenvalue weighted by atomic mass is 16.8. The van der Waals surface area contributed by atoms with Crippen LogP contribution in [0.5, 0.6) is 0 Å². The molecular weight excluding hydrogens is 250 g/mol. The van der Waals surface area contributed by atoms with Crippen LogP contribution in [0.1, 0.15) is 53.4 Å². The number of rotatable bonds is 6. The fraction of sp³-hybridized carbons (Fsp3) is 0.688. The molecule has 4 nitrogen and oxygen atoms in total.